The number of hydrogen-bond donors (Lipinski definition) is 1. The molecule has 96 valence electrons. The Labute approximate surface area is 105 Å². The Bertz CT molecular complexity index is 403. The molecule has 1 rings (SSSR count). The number of esters is 1. The SMILES string of the molecule is O=CCCC(=O)NCC(=O)OCc1ccccc1. The topological polar surface area (TPSA) is 72.5 Å². The lowest BCUT2D eigenvalue weighted by molar-refractivity contribution is -0.145. The minimum Gasteiger partial charge on any atom is -0.460 e. The summed E-state index contributed by atoms with van der Waals surface area (Å²) in [4.78, 5) is 32.4. The van der Waals surface area contributed by atoms with Gasteiger partial charge in [-0.25, -0.2) is 0 Å². The lowest BCUT2D eigenvalue weighted by Gasteiger charge is -2.05. The molecule has 0 fully saturated rings. The van der Waals surface area contributed by atoms with Crippen LogP contribution in [0.5, 0.6) is 0 Å². The second-order valence-electron chi connectivity index (χ2n) is 3.63. The highest BCUT2D eigenvalue weighted by Gasteiger charge is 2.06. The first-order chi connectivity index (χ1) is 8.72. The predicted molar refractivity (Wildman–Crippen MR) is 64.5 cm³/mol. The normalized spacial score (nSPS) is 9.56. The number of aldehydes is 1. The lowest BCUT2D eigenvalue weighted by atomic mass is 10.2. The number of hydrogen-bond acceptors (Lipinski definition) is 4. The summed E-state index contributed by atoms with van der Waals surface area (Å²) in [6.07, 6.45) is 0.910. The Hall–Kier alpha value is -2.17. The molecular formula is C13H15NO4. The first-order valence-corrected chi connectivity index (χ1v) is 5.62. The number of ether oxygens (including phenoxy) is 1. The summed E-state index contributed by atoms with van der Waals surface area (Å²) in [6.45, 7) is 0.00834. The molecule has 5 heteroatoms. The molecule has 0 radical (unpaired) electrons. The minimum atomic E-state index is -0.502. The van der Waals surface area contributed by atoms with E-state index in [1.807, 2.05) is 30.3 Å². The Kier molecular flexibility index (Phi) is 6.17. The third-order valence-corrected chi connectivity index (χ3v) is 2.16. The lowest BCUT2D eigenvalue weighted by Crippen LogP contribution is -2.30. The number of nitrogens with one attached hydrogen (secondary N) is 1. The monoisotopic (exact) mass is 249 g/mol. The van der Waals surface area contributed by atoms with Crippen LogP contribution in [0.25, 0.3) is 0 Å². The highest BCUT2D eigenvalue weighted by atomic mass is 16.5. The van der Waals surface area contributed by atoms with Gasteiger partial charge in [-0.2, -0.15) is 0 Å². The molecular weight excluding hydrogens is 234 g/mol. The van der Waals surface area contributed by atoms with Gasteiger partial charge in [0.25, 0.3) is 0 Å². The second kappa shape index (κ2) is 8.00. The standard InChI is InChI=1S/C13H15NO4/c15-8-4-7-12(16)14-9-13(17)18-10-11-5-2-1-3-6-11/h1-3,5-6,8H,4,7,9-10H2,(H,14,16). The van der Waals surface area contributed by atoms with E-state index in [-0.39, 0.29) is 31.9 Å². The average Bonchev–Trinajstić information content (AvgIpc) is 2.41. The predicted octanol–water partition coefficient (Wildman–Crippen LogP) is 0.825. The molecule has 0 heterocycles. The van der Waals surface area contributed by atoms with Gasteiger partial charge in [0.1, 0.15) is 19.4 Å². The number of amides is 1. The molecule has 1 N–H and O–H groups in total. The fraction of sp³-hybridized carbons (Fsp3) is 0.308. The maximum absolute atomic E-state index is 11.3. The van der Waals surface area contributed by atoms with Crippen LogP contribution in [0.15, 0.2) is 30.3 Å². The highest BCUT2D eigenvalue weighted by Crippen LogP contribution is 2.00. The van der Waals surface area contributed by atoms with E-state index < -0.39 is 5.97 Å². The van der Waals surface area contributed by atoms with Crippen LogP contribution in [0, 0.1) is 0 Å². The van der Waals surface area contributed by atoms with E-state index in [0.29, 0.717) is 6.29 Å². The van der Waals surface area contributed by atoms with E-state index >= 15 is 0 Å². The van der Waals surface area contributed by atoms with E-state index in [1.54, 1.807) is 0 Å². The molecule has 1 amide bonds. The zero-order valence-electron chi connectivity index (χ0n) is 9.93. The average molecular weight is 249 g/mol. The van der Waals surface area contributed by atoms with Gasteiger partial charge in [0, 0.05) is 12.8 Å². The first kappa shape index (κ1) is 13.9. The van der Waals surface area contributed by atoms with Crippen LogP contribution < -0.4 is 5.32 Å². The van der Waals surface area contributed by atoms with Crippen molar-refractivity contribution in [2.75, 3.05) is 6.54 Å². The molecule has 0 aromatic heterocycles. The molecule has 0 atom stereocenters. The van der Waals surface area contributed by atoms with E-state index in [1.165, 1.54) is 0 Å². The molecule has 18 heavy (non-hydrogen) atoms. The highest BCUT2D eigenvalue weighted by molar-refractivity contribution is 5.82. The van der Waals surface area contributed by atoms with Crippen molar-refractivity contribution in [2.24, 2.45) is 0 Å². The Morgan fingerprint density at radius 2 is 1.94 bits per heavy atom. The summed E-state index contributed by atoms with van der Waals surface area (Å²) in [5.41, 5.74) is 0.887. The van der Waals surface area contributed by atoms with Gasteiger partial charge in [-0.3, -0.25) is 9.59 Å². The Morgan fingerprint density at radius 3 is 2.61 bits per heavy atom. The summed E-state index contributed by atoms with van der Waals surface area (Å²) in [5, 5.41) is 2.38. The van der Waals surface area contributed by atoms with Crippen LogP contribution in [0.2, 0.25) is 0 Å². The number of benzene rings is 1. The zero-order valence-corrected chi connectivity index (χ0v) is 9.93. The van der Waals surface area contributed by atoms with Crippen LogP contribution in [-0.4, -0.2) is 24.7 Å². The van der Waals surface area contributed by atoms with Gasteiger partial charge in [0.15, 0.2) is 0 Å². The third-order valence-electron chi connectivity index (χ3n) is 2.16. The summed E-state index contributed by atoms with van der Waals surface area (Å²) >= 11 is 0. The molecule has 5 nitrogen and oxygen atoms in total. The smallest absolute Gasteiger partial charge is 0.325 e. The minimum absolute atomic E-state index is 0.0927. The van der Waals surface area contributed by atoms with E-state index in [4.69, 9.17) is 4.74 Å². The van der Waals surface area contributed by atoms with E-state index in [0.717, 1.165) is 5.56 Å². The van der Waals surface area contributed by atoms with Crippen LogP contribution in [-0.2, 0) is 25.7 Å². The molecule has 0 saturated heterocycles. The number of carbonyl (C=O) groups is 3. The van der Waals surface area contributed by atoms with Crippen molar-refractivity contribution in [3.05, 3.63) is 35.9 Å². The number of rotatable bonds is 7. The van der Waals surface area contributed by atoms with Gasteiger partial charge < -0.3 is 14.8 Å². The molecule has 1 aromatic carbocycles. The first-order valence-electron chi connectivity index (χ1n) is 5.62. The molecule has 0 saturated carbocycles. The van der Waals surface area contributed by atoms with E-state index in [2.05, 4.69) is 5.32 Å². The second-order valence-corrected chi connectivity index (χ2v) is 3.63. The maximum atomic E-state index is 11.3. The Morgan fingerprint density at radius 1 is 1.22 bits per heavy atom. The van der Waals surface area contributed by atoms with Crippen LogP contribution >= 0.6 is 0 Å². The van der Waals surface area contributed by atoms with Crippen molar-refractivity contribution in [3.63, 3.8) is 0 Å². The molecule has 0 aliphatic heterocycles. The summed E-state index contributed by atoms with van der Waals surface area (Å²) in [7, 11) is 0. The quantitative estimate of drug-likeness (QED) is 0.573. The molecule has 0 spiro atoms. The largest absolute Gasteiger partial charge is 0.460 e. The third kappa shape index (κ3) is 5.79. The van der Waals surface area contributed by atoms with Gasteiger partial charge >= 0.3 is 5.97 Å². The summed E-state index contributed by atoms with van der Waals surface area (Å²) in [6, 6.07) is 9.26. The maximum Gasteiger partial charge on any atom is 0.325 e. The van der Waals surface area contributed by atoms with Gasteiger partial charge in [-0.15, -0.1) is 0 Å². The molecule has 0 aliphatic rings. The molecule has 0 unspecified atom stereocenters. The molecule has 1 aromatic rings. The van der Waals surface area contributed by atoms with Crippen LogP contribution in [0.3, 0.4) is 0 Å². The number of carbonyl (C=O) groups excluding carboxylic acids is 3. The van der Waals surface area contributed by atoms with Crippen LogP contribution in [0.1, 0.15) is 18.4 Å². The van der Waals surface area contributed by atoms with Crippen molar-refractivity contribution in [1.82, 2.24) is 5.32 Å². The van der Waals surface area contributed by atoms with Crippen LogP contribution in [0.4, 0.5) is 0 Å². The van der Waals surface area contributed by atoms with Crippen molar-refractivity contribution in [3.8, 4) is 0 Å². The fourth-order valence-electron chi connectivity index (χ4n) is 1.24. The molecule has 0 bridgehead atoms. The van der Waals surface area contributed by atoms with Gasteiger partial charge in [-0.1, -0.05) is 30.3 Å². The molecule has 0 aliphatic carbocycles. The van der Waals surface area contributed by atoms with Crippen molar-refractivity contribution in [1.29, 1.82) is 0 Å². The Balaban J connectivity index is 2.18. The summed E-state index contributed by atoms with van der Waals surface area (Å²) < 4.78 is 4.96. The zero-order chi connectivity index (χ0) is 13.2. The van der Waals surface area contributed by atoms with Gasteiger partial charge in [0.05, 0.1) is 0 Å². The van der Waals surface area contributed by atoms with Crippen molar-refractivity contribution >= 4 is 18.2 Å². The fourth-order valence-corrected chi connectivity index (χ4v) is 1.24. The van der Waals surface area contributed by atoms with Crippen molar-refractivity contribution < 1.29 is 19.1 Å². The van der Waals surface area contributed by atoms with Gasteiger partial charge in [-0.05, 0) is 5.56 Å². The van der Waals surface area contributed by atoms with Crippen molar-refractivity contribution in [2.45, 2.75) is 19.4 Å². The summed E-state index contributed by atoms with van der Waals surface area (Å²) in [5.74, 6) is -0.836. The van der Waals surface area contributed by atoms with E-state index in [9.17, 15) is 14.4 Å². The van der Waals surface area contributed by atoms with Gasteiger partial charge in [0.2, 0.25) is 5.91 Å².